The van der Waals surface area contributed by atoms with E-state index in [1.165, 1.54) is 46.0 Å². The average molecular weight is 772 g/mol. The first-order valence-electron chi connectivity index (χ1n) is 20.5. The summed E-state index contributed by atoms with van der Waals surface area (Å²) in [5.74, 6) is -1.31. The first-order valence-corrected chi connectivity index (χ1v) is 20.5. The highest BCUT2D eigenvalue weighted by molar-refractivity contribution is 6.10. The molecule has 1 aromatic heterocycles. The van der Waals surface area contributed by atoms with Gasteiger partial charge in [0.1, 0.15) is 17.7 Å². The number of nitrogens with zero attached hydrogens (tertiary/aromatic N) is 3. The molecule has 58 heavy (non-hydrogen) atoms. The minimum absolute atomic E-state index is 0.000230. The normalized spacial score (nSPS) is 17.1. The van der Waals surface area contributed by atoms with Crippen molar-refractivity contribution in [3.8, 4) is 22.9 Å². The van der Waals surface area contributed by atoms with Crippen molar-refractivity contribution in [1.29, 1.82) is 5.26 Å². The van der Waals surface area contributed by atoms with Crippen molar-refractivity contribution < 1.29 is 8.78 Å². The molecule has 0 amide bonds. The zero-order valence-corrected chi connectivity index (χ0v) is 36.1. The van der Waals surface area contributed by atoms with Crippen LogP contribution in [0.2, 0.25) is 0 Å². The smallest absolute Gasteiger partial charge is 0.133 e. The Bertz CT molecular complexity index is 2670. The van der Waals surface area contributed by atoms with E-state index in [1.807, 2.05) is 12.1 Å². The quantitative estimate of drug-likeness (QED) is 0.179. The Labute approximate surface area is 343 Å². The number of hydrogen-bond donors (Lipinski definition) is 0. The summed E-state index contributed by atoms with van der Waals surface area (Å²) in [6, 6.07) is 29.9. The van der Waals surface area contributed by atoms with Gasteiger partial charge in [-0.05, 0) is 110 Å². The fourth-order valence-corrected chi connectivity index (χ4v) is 8.87. The van der Waals surface area contributed by atoms with Gasteiger partial charge in [0.15, 0.2) is 0 Å². The van der Waals surface area contributed by atoms with Crippen molar-refractivity contribution in [3.05, 3.63) is 148 Å². The lowest BCUT2D eigenvalue weighted by molar-refractivity contribution is 0.507. The molecule has 0 bridgehead atoms. The van der Waals surface area contributed by atoms with Crippen LogP contribution in [0.3, 0.4) is 0 Å². The maximum Gasteiger partial charge on any atom is 0.133 e. The third-order valence-electron chi connectivity index (χ3n) is 12.3. The third-order valence-corrected chi connectivity index (χ3v) is 12.3. The lowest BCUT2D eigenvalue weighted by atomic mass is 9.77. The van der Waals surface area contributed by atoms with Crippen LogP contribution in [-0.4, -0.2) is 10.6 Å². The van der Waals surface area contributed by atoms with E-state index in [-0.39, 0.29) is 39.2 Å². The molecule has 3 nitrogen and oxygen atoms in total. The minimum Gasteiger partial charge on any atom is -0.332 e. The highest BCUT2D eigenvalue weighted by Crippen LogP contribution is 2.53. The van der Waals surface area contributed by atoms with Crippen molar-refractivity contribution in [2.75, 3.05) is 4.90 Å². The summed E-state index contributed by atoms with van der Waals surface area (Å²) in [7, 11) is 0. The molecule has 0 radical (unpaired) electrons. The second-order valence-electron chi connectivity index (χ2n) is 20.5. The van der Waals surface area contributed by atoms with Gasteiger partial charge in [-0.2, -0.15) is 5.26 Å². The second-order valence-corrected chi connectivity index (χ2v) is 20.5. The summed E-state index contributed by atoms with van der Waals surface area (Å²) < 4.78 is 34.1. The Kier molecular flexibility index (Phi) is 9.01. The van der Waals surface area contributed by atoms with E-state index >= 15 is 8.78 Å². The summed E-state index contributed by atoms with van der Waals surface area (Å²) in [5, 5.41) is 13.6. The summed E-state index contributed by atoms with van der Waals surface area (Å²) >= 11 is 0. The number of fused-ring (bicyclic) bond motifs is 6. The number of benzene rings is 5. The molecule has 2 unspecified atom stereocenters. The molecule has 2 aliphatic rings. The highest BCUT2D eigenvalue weighted by Gasteiger charge is 2.41. The van der Waals surface area contributed by atoms with Crippen LogP contribution in [0.25, 0.3) is 38.6 Å². The topological polar surface area (TPSA) is 32.0 Å². The Hall–Kier alpha value is -5.47. The molecule has 0 spiro atoms. The van der Waals surface area contributed by atoms with Crippen molar-refractivity contribution in [3.63, 3.8) is 0 Å². The molecule has 1 aliphatic heterocycles. The molecule has 0 saturated carbocycles. The fourth-order valence-electron chi connectivity index (χ4n) is 8.87. The molecule has 6 aromatic rings. The van der Waals surface area contributed by atoms with Crippen molar-refractivity contribution in [1.82, 2.24) is 4.57 Å². The van der Waals surface area contributed by atoms with Gasteiger partial charge in [-0.1, -0.05) is 132 Å². The average Bonchev–Trinajstić information content (AvgIpc) is 3.64. The zero-order valence-electron chi connectivity index (χ0n) is 36.1. The molecule has 8 rings (SSSR count). The van der Waals surface area contributed by atoms with Gasteiger partial charge in [-0.15, -0.1) is 0 Å². The lowest BCUT2D eigenvalue weighted by Gasteiger charge is -2.33. The summed E-state index contributed by atoms with van der Waals surface area (Å²) in [6.07, 6.45) is 6.85. The predicted molar refractivity (Wildman–Crippen MR) is 239 cm³/mol. The van der Waals surface area contributed by atoms with Crippen LogP contribution in [0.4, 0.5) is 20.2 Å². The molecule has 5 aromatic carbocycles. The zero-order chi connectivity index (χ0) is 41.9. The van der Waals surface area contributed by atoms with Crippen LogP contribution in [0.1, 0.15) is 117 Å². The number of allylic oxidation sites excluding steroid dienone is 2. The maximum absolute atomic E-state index is 16.0. The SMILES string of the molecule is CC(C)(C)C1=CC2c3cc(C(C)(C)C)ccc3N(c3cc(-c4c(F)cccc4F)cc(-n4c5ccc(C(C)(C)C)cc5c5cc(C(C)(C)C)ccc54)c3C#N)C2C=C1. The third kappa shape index (κ3) is 6.46. The summed E-state index contributed by atoms with van der Waals surface area (Å²) in [5.41, 5.74) is 10.4. The molecule has 2 heterocycles. The van der Waals surface area contributed by atoms with E-state index in [9.17, 15) is 5.26 Å². The maximum atomic E-state index is 16.0. The van der Waals surface area contributed by atoms with Gasteiger partial charge in [-0.25, -0.2) is 8.78 Å². The lowest BCUT2D eigenvalue weighted by Crippen LogP contribution is -2.31. The number of rotatable bonds is 3. The molecule has 296 valence electrons. The predicted octanol–water partition coefficient (Wildman–Crippen LogP) is 14.6. The first kappa shape index (κ1) is 39.4. The number of nitriles is 1. The molecular formula is C53H55F2N3. The Morgan fingerprint density at radius 1 is 0.586 bits per heavy atom. The Morgan fingerprint density at radius 2 is 1.10 bits per heavy atom. The van der Waals surface area contributed by atoms with Gasteiger partial charge < -0.3 is 9.47 Å². The summed E-state index contributed by atoms with van der Waals surface area (Å²) in [4.78, 5) is 2.24. The van der Waals surface area contributed by atoms with Crippen LogP contribution in [0.15, 0.2) is 109 Å². The number of halogens is 2. The van der Waals surface area contributed by atoms with E-state index < -0.39 is 11.6 Å². The fraction of sp³-hybridized carbons (Fsp3) is 0.340. The van der Waals surface area contributed by atoms with Crippen LogP contribution >= 0.6 is 0 Å². The monoisotopic (exact) mass is 771 g/mol. The first-order chi connectivity index (χ1) is 27.1. The molecule has 0 fully saturated rings. The van der Waals surface area contributed by atoms with E-state index in [2.05, 4.69) is 171 Å². The van der Waals surface area contributed by atoms with Crippen molar-refractivity contribution in [2.24, 2.45) is 5.41 Å². The van der Waals surface area contributed by atoms with E-state index in [0.717, 1.165) is 27.5 Å². The Balaban J connectivity index is 1.49. The van der Waals surface area contributed by atoms with Crippen LogP contribution in [0.5, 0.6) is 0 Å². The van der Waals surface area contributed by atoms with E-state index in [1.54, 1.807) is 0 Å². The van der Waals surface area contributed by atoms with Gasteiger partial charge in [0.25, 0.3) is 0 Å². The number of aromatic nitrogens is 1. The van der Waals surface area contributed by atoms with Crippen LogP contribution in [-0.2, 0) is 16.2 Å². The van der Waals surface area contributed by atoms with Crippen LogP contribution < -0.4 is 4.90 Å². The van der Waals surface area contributed by atoms with E-state index in [0.29, 0.717) is 22.5 Å². The van der Waals surface area contributed by atoms with Gasteiger partial charge in [-0.3, -0.25) is 0 Å². The van der Waals surface area contributed by atoms with Gasteiger partial charge >= 0.3 is 0 Å². The molecular weight excluding hydrogens is 717 g/mol. The number of anilines is 2. The Morgan fingerprint density at radius 3 is 1.62 bits per heavy atom. The molecule has 5 heteroatoms. The molecule has 2 atom stereocenters. The second kappa shape index (κ2) is 13.3. The minimum atomic E-state index is -0.654. The van der Waals surface area contributed by atoms with Gasteiger partial charge in [0.2, 0.25) is 0 Å². The van der Waals surface area contributed by atoms with Crippen molar-refractivity contribution in [2.45, 2.75) is 111 Å². The van der Waals surface area contributed by atoms with Gasteiger partial charge in [0.05, 0.1) is 39.6 Å². The van der Waals surface area contributed by atoms with Crippen LogP contribution in [0, 0.1) is 28.4 Å². The van der Waals surface area contributed by atoms with Crippen molar-refractivity contribution >= 4 is 33.2 Å². The molecule has 0 N–H and O–H groups in total. The molecule has 1 aliphatic carbocycles. The van der Waals surface area contributed by atoms with Gasteiger partial charge in [0, 0.05) is 22.4 Å². The van der Waals surface area contributed by atoms with E-state index in [4.69, 9.17) is 0 Å². The summed E-state index contributed by atoms with van der Waals surface area (Å²) in [6.45, 7) is 26.7. The largest absolute Gasteiger partial charge is 0.332 e. The number of hydrogen-bond acceptors (Lipinski definition) is 2. The highest BCUT2D eigenvalue weighted by atomic mass is 19.1. The molecule has 0 saturated heterocycles. The standard InChI is InChI=1S/C53H55F2N3/c1-50(2,3)32-16-20-43-36(26-32)37-27-33(51(4,5)6)17-21-44(37)57(43)47-24-31(49-41(54)14-13-15-42(49)55)25-48(40(47)30-56)58-45-22-18-34(52(7,8)9)28-38(45)39-29-35(53(10,11)12)19-23-46(39)58/h13-29,36,43H,1-12H3.